The average molecular weight is 379 g/mol. The van der Waals surface area contributed by atoms with Gasteiger partial charge in [-0.3, -0.25) is 9.69 Å². The Morgan fingerprint density at radius 3 is 2.75 bits per heavy atom. The highest BCUT2D eigenvalue weighted by molar-refractivity contribution is 5.96. The Labute approximate surface area is 167 Å². The molecular weight excluding hydrogens is 348 g/mol. The number of aromatic nitrogens is 1. The van der Waals surface area contributed by atoms with E-state index in [2.05, 4.69) is 38.3 Å². The molecule has 1 atom stereocenters. The summed E-state index contributed by atoms with van der Waals surface area (Å²) >= 11 is 0. The summed E-state index contributed by atoms with van der Waals surface area (Å²) in [5.74, 6) is 1.01. The number of carbonyl (C=O) groups excluding carboxylic acids is 1. The van der Waals surface area contributed by atoms with Crippen molar-refractivity contribution >= 4 is 11.7 Å². The van der Waals surface area contributed by atoms with E-state index in [1.165, 1.54) is 24.8 Å². The van der Waals surface area contributed by atoms with Crippen LogP contribution in [-0.4, -0.2) is 47.4 Å². The van der Waals surface area contributed by atoms with Gasteiger partial charge in [0, 0.05) is 31.9 Å². The lowest BCUT2D eigenvalue weighted by molar-refractivity contribution is 0.0733. The number of hydrogen-bond acceptors (Lipinski definition) is 4. The van der Waals surface area contributed by atoms with Gasteiger partial charge in [0.2, 0.25) is 0 Å². The van der Waals surface area contributed by atoms with Gasteiger partial charge in [0.15, 0.2) is 0 Å². The van der Waals surface area contributed by atoms with Gasteiger partial charge in [-0.25, -0.2) is 4.98 Å². The number of nitrogens with one attached hydrogen (secondary N) is 1. The van der Waals surface area contributed by atoms with Gasteiger partial charge in [-0.2, -0.15) is 0 Å². The number of pyridine rings is 1. The minimum Gasteiger partial charge on any atom is -0.373 e. The van der Waals surface area contributed by atoms with Crippen molar-refractivity contribution in [3.63, 3.8) is 0 Å². The van der Waals surface area contributed by atoms with Gasteiger partial charge < -0.3 is 10.2 Å². The van der Waals surface area contributed by atoms with Crippen molar-refractivity contribution < 1.29 is 4.79 Å². The molecule has 1 unspecified atom stereocenters. The van der Waals surface area contributed by atoms with Crippen LogP contribution >= 0.6 is 0 Å². The van der Waals surface area contributed by atoms with Crippen molar-refractivity contribution in [3.05, 3.63) is 59.3 Å². The van der Waals surface area contributed by atoms with Crippen molar-refractivity contribution in [2.75, 3.05) is 32.0 Å². The van der Waals surface area contributed by atoms with E-state index in [9.17, 15) is 4.79 Å². The van der Waals surface area contributed by atoms with Crippen LogP contribution in [0.3, 0.4) is 0 Å². The standard InChI is InChI=1S/C23H30N4O/c1-24-22-16-18(11-12-25-22)21-10-7-15-27(21)23(28)20-9-4-3-8-19(20)17-26-13-5-2-6-14-26/h3-4,8-9,11-12,16,21H,2,5-7,10,13-15,17H2,1H3,(H,24,25). The van der Waals surface area contributed by atoms with Gasteiger partial charge in [0.1, 0.15) is 5.82 Å². The predicted molar refractivity (Wildman–Crippen MR) is 112 cm³/mol. The molecule has 1 N–H and O–H groups in total. The van der Waals surface area contributed by atoms with E-state index in [1.54, 1.807) is 0 Å². The van der Waals surface area contributed by atoms with Crippen LogP contribution in [0.2, 0.25) is 0 Å². The summed E-state index contributed by atoms with van der Waals surface area (Å²) in [7, 11) is 1.88. The minimum atomic E-state index is 0.130. The number of amides is 1. The number of rotatable bonds is 5. The van der Waals surface area contributed by atoms with Crippen molar-refractivity contribution in [2.24, 2.45) is 0 Å². The zero-order valence-corrected chi connectivity index (χ0v) is 16.7. The van der Waals surface area contributed by atoms with E-state index in [-0.39, 0.29) is 11.9 Å². The number of hydrogen-bond donors (Lipinski definition) is 1. The first kappa shape index (κ1) is 18.9. The Balaban J connectivity index is 1.56. The SMILES string of the molecule is CNc1cc(C2CCCN2C(=O)c2ccccc2CN2CCCCC2)ccn1. The summed E-state index contributed by atoms with van der Waals surface area (Å²) in [6.07, 6.45) is 7.73. The van der Waals surface area contributed by atoms with Crippen molar-refractivity contribution in [2.45, 2.75) is 44.7 Å². The molecule has 5 heteroatoms. The highest BCUT2D eigenvalue weighted by atomic mass is 16.2. The first-order valence-electron chi connectivity index (χ1n) is 10.5. The lowest BCUT2D eigenvalue weighted by atomic mass is 10.0. The molecule has 0 aliphatic carbocycles. The van der Waals surface area contributed by atoms with Gasteiger partial charge in [0.05, 0.1) is 6.04 Å². The van der Waals surface area contributed by atoms with Crippen LogP contribution in [0.1, 0.15) is 59.6 Å². The third-order valence-electron chi connectivity index (χ3n) is 6.03. The Morgan fingerprint density at radius 1 is 1.11 bits per heavy atom. The van der Waals surface area contributed by atoms with Gasteiger partial charge in [0.25, 0.3) is 5.91 Å². The summed E-state index contributed by atoms with van der Waals surface area (Å²) in [5.41, 5.74) is 3.19. The molecule has 2 aromatic rings. The van der Waals surface area contributed by atoms with Crippen LogP contribution in [0.25, 0.3) is 0 Å². The molecule has 1 aromatic heterocycles. The van der Waals surface area contributed by atoms with Crippen LogP contribution in [0.15, 0.2) is 42.6 Å². The van der Waals surface area contributed by atoms with Gasteiger partial charge >= 0.3 is 0 Å². The molecule has 2 fully saturated rings. The van der Waals surface area contributed by atoms with E-state index in [0.29, 0.717) is 0 Å². The molecule has 2 aliphatic heterocycles. The predicted octanol–water partition coefficient (Wildman–Crippen LogP) is 4.09. The fourth-order valence-electron chi connectivity index (χ4n) is 4.53. The van der Waals surface area contributed by atoms with E-state index in [0.717, 1.165) is 56.0 Å². The second-order valence-electron chi connectivity index (χ2n) is 7.87. The summed E-state index contributed by atoms with van der Waals surface area (Å²) in [5, 5.41) is 3.10. The normalized spacial score (nSPS) is 20.3. The first-order chi connectivity index (χ1) is 13.8. The molecule has 3 heterocycles. The lowest BCUT2D eigenvalue weighted by Crippen LogP contribution is -2.33. The molecule has 4 rings (SSSR count). The smallest absolute Gasteiger partial charge is 0.254 e. The first-order valence-corrected chi connectivity index (χ1v) is 10.5. The molecule has 28 heavy (non-hydrogen) atoms. The zero-order chi connectivity index (χ0) is 19.3. The second-order valence-corrected chi connectivity index (χ2v) is 7.87. The molecule has 0 saturated carbocycles. The Morgan fingerprint density at radius 2 is 1.93 bits per heavy atom. The Hall–Kier alpha value is -2.40. The van der Waals surface area contributed by atoms with Crippen LogP contribution in [0.4, 0.5) is 5.82 Å². The third-order valence-corrected chi connectivity index (χ3v) is 6.03. The van der Waals surface area contributed by atoms with E-state index in [1.807, 2.05) is 31.4 Å². The van der Waals surface area contributed by atoms with Gasteiger partial charge in [-0.15, -0.1) is 0 Å². The molecule has 1 aromatic carbocycles. The maximum absolute atomic E-state index is 13.5. The highest BCUT2D eigenvalue weighted by Gasteiger charge is 2.32. The number of piperidine rings is 1. The van der Waals surface area contributed by atoms with Crippen LogP contribution in [0, 0.1) is 0 Å². The molecule has 5 nitrogen and oxygen atoms in total. The molecule has 0 spiro atoms. The van der Waals surface area contributed by atoms with Gasteiger partial charge in [-0.1, -0.05) is 24.6 Å². The largest absolute Gasteiger partial charge is 0.373 e. The fraction of sp³-hybridized carbons (Fsp3) is 0.478. The summed E-state index contributed by atoms with van der Waals surface area (Å²) in [4.78, 5) is 22.4. The van der Waals surface area contributed by atoms with Gasteiger partial charge in [-0.05, 0) is 68.1 Å². The van der Waals surface area contributed by atoms with E-state index < -0.39 is 0 Å². The van der Waals surface area contributed by atoms with Crippen LogP contribution < -0.4 is 5.32 Å². The molecule has 1 amide bonds. The topological polar surface area (TPSA) is 48.5 Å². The monoisotopic (exact) mass is 378 g/mol. The number of likely N-dealkylation sites (tertiary alicyclic amines) is 2. The van der Waals surface area contributed by atoms with Crippen molar-refractivity contribution in [3.8, 4) is 0 Å². The quantitative estimate of drug-likeness (QED) is 0.851. The second kappa shape index (κ2) is 8.74. The molecule has 0 bridgehead atoms. The summed E-state index contributed by atoms with van der Waals surface area (Å²) in [6, 6.07) is 12.4. The molecular formula is C23H30N4O. The maximum atomic E-state index is 13.5. The maximum Gasteiger partial charge on any atom is 0.254 e. The molecule has 148 valence electrons. The third kappa shape index (κ3) is 4.04. The minimum absolute atomic E-state index is 0.130. The number of anilines is 1. The number of carbonyl (C=O) groups is 1. The Bertz CT molecular complexity index is 816. The number of benzene rings is 1. The van der Waals surface area contributed by atoms with Crippen molar-refractivity contribution in [1.29, 1.82) is 0 Å². The molecule has 2 saturated heterocycles. The fourth-order valence-corrected chi connectivity index (χ4v) is 4.53. The summed E-state index contributed by atoms with van der Waals surface area (Å²) in [6.45, 7) is 3.97. The van der Waals surface area contributed by atoms with Crippen molar-refractivity contribution in [1.82, 2.24) is 14.8 Å². The van der Waals surface area contributed by atoms with E-state index in [4.69, 9.17) is 0 Å². The molecule has 2 aliphatic rings. The highest BCUT2D eigenvalue weighted by Crippen LogP contribution is 2.34. The number of nitrogens with zero attached hydrogens (tertiary/aromatic N) is 3. The van der Waals surface area contributed by atoms with Crippen LogP contribution in [-0.2, 0) is 6.54 Å². The lowest BCUT2D eigenvalue weighted by Gasteiger charge is -2.29. The molecule has 0 radical (unpaired) electrons. The summed E-state index contributed by atoms with van der Waals surface area (Å²) < 4.78 is 0. The Kier molecular flexibility index (Phi) is 5.91. The average Bonchev–Trinajstić information content (AvgIpc) is 3.24. The van der Waals surface area contributed by atoms with E-state index >= 15 is 0 Å². The van der Waals surface area contributed by atoms with Crippen LogP contribution in [0.5, 0.6) is 0 Å². The zero-order valence-electron chi connectivity index (χ0n) is 16.7.